The van der Waals surface area contributed by atoms with Crippen LogP contribution in [0.3, 0.4) is 0 Å². The highest BCUT2D eigenvalue weighted by Crippen LogP contribution is 2.28. The van der Waals surface area contributed by atoms with Crippen molar-refractivity contribution < 1.29 is 4.79 Å². The van der Waals surface area contributed by atoms with Crippen molar-refractivity contribution in [3.05, 3.63) is 71.4 Å². The molecule has 0 spiro atoms. The molecule has 150 valence electrons. The van der Waals surface area contributed by atoms with Crippen LogP contribution in [0.1, 0.15) is 37.7 Å². The van der Waals surface area contributed by atoms with Crippen LogP contribution < -0.4 is 0 Å². The van der Waals surface area contributed by atoms with Gasteiger partial charge in [0.15, 0.2) is 0 Å². The van der Waals surface area contributed by atoms with Gasteiger partial charge in [-0.25, -0.2) is 4.68 Å². The first-order valence-electron chi connectivity index (χ1n) is 10.3. The molecule has 0 atom stereocenters. The second-order valence-electron chi connectivity index (χ2n) is 7.82. The van der Waals surface area contributed by atoms with Gasteiger partial charge in [0.1, 0.15) is 0 Å². The lowest BCUT2D eigenvalue weighted by Crippen LogP contribution is -2.33. The number of halogens is 1. The molecule has 4 rings (SSSR count). The average molecular weight is 408 g/mol. The van der Waals surface area contributed by atoms with E-state index >= 15 is 0 Å². The summed E-state index contributed by atoms with van der Waals surface area (Å²) in [7, 11) is 1.91. The van der Waals surface area contributed by atoms with Gasteiger partial charge in [-0.2, -0.15) is 5.10 Å². The molecular formula is C24H26ClN3O. The van der Waals surface area contributed by atoms with Crippen LogP contribution in [0.4, 0.5) is 0 Å². The number of para-hydroxylation sites is 1. The highest BCUT2D eigenvalue weighted by Gasteiger charge is 2.25. The molecule has 0 N–H and O–H groups in total. The second kappa shape index (κ2) is 8.83. The molecule has 2 aromatic carbocycles. The van der Waals surface area contributed by atoms with Gasteiger partial charge in [-0.15, -0.1) is 0 Å². The molecule has 0 bridgehead atoms. The SMILES string of the molecule is CN(Cc1cn(-c2ccccc2)nc1-c1ccc(Cl)cc1)C(=O)C1CCCCC1. The van der Waals surface area contributed by atoms with E-state index in [1.165, 1.54) is 6.42 Å². The molecule has 1 saturated carbocycles. The van der Waals surface area contributed by atoms with E-state index in [1.807, 2.05) is 77.4 Å². The molecular weight excluding hydrogens is 382 g/mol. The van der Waals surface area contributed by atoms with E-state index in [0.717, 1.165) is 48.2 Å². The minimum absolute atomic E-state index is 0.164. The van der Waals surface area contributed by atoms with Crippen LogP contribution in [-0.2, 0) is 11.3 Å². The summed E-state index contributed by atoms with van der Waals surface area (Å²) in [5.74, 6) is 0.413. The highest BCUT2D eigenvalue weighted by molar-refractivity contribution is 6.30. The Hall–Kier alpha value is -2.59. The van der Waals surface area contributed by atoms with Crippen molar-refractivity contribution in [1.29, 1.82) is 0 Å². The fourth-order valence-corrected chi connectivity index (χ4v) is 4.21. The highest BCUT2D eigenvalue weighted by atomic mass is 35.5. The maximum atomic E-state index is 13.0. The molecule has 0 unspecified atom stereocenters. The van der Waals surface area contributed by atoms with Crippen molar-refractivity contribution in [3.8, 4) is 16.9 Å². The molecule has 4 nitrogen and oxygen atoms in total. The average Bonchev–Trinajstić information content (AvgIpc) is 3.18. The third-order valence-corrected chi connectivity index (χ3v) is 5.92. The topological polar surface area (TPSA) is 38.1 Å². The van der Waals surface area contributed by atoms with Crippen molar-refractivity contribution >= 4 is 17.5 Å². The number of nitrogens with zero attached hydrogens (tertiary/aromatic N) is 3. The number of aromatic nitrogens is 2. The summed E-state index contributed by atoms with van der Waals surface area (Å²) in [5, 5.41) is 5.54. The number of amides is 1. The molecule has 0 aliphatic heterocycles. The van der Waals surface area contributed by atoms with E-state index < -0.39 is 0 Å². The molecule has 1 aliphatic carbocycles. The number of hydrogen-bond acceptors (Lipinski definition) is 2. The Bertz CT molecular complexity index is 960. The number of rotatable bonds is 5. The smallest absolute Gasteiger partial charge is 0.225 e. The van der Waals surface area contributed by atoms with E-state index in [1.54, 1.807) is 0 Å². The number of hydrogen-bond donors (Lipinski definition) is 0. The zero-order valence-electron chi connectivity index (χ0n) is 16.7. The lowest BCUT2D eigenvalue weighted by Gasteiger charge is -2.26. The van der Waals surface area contributed by atoms with Gasteiger partial charge in [-0.05, 0) is 37.1 Å². The normalized spacial score (nSPS) is 14.7. The van der Waals surface area contributed by atoms with Gasteiger partial charge < -0.3 is 4.90 Å². The first kappa shape index (κ1) is 19.7. The van der Waals surface area contributed by atoms with Crippen LogP contribution in [0.25, 0.3) is 16.9 Å². The van der Waals surface area contributed by atoms with E-state index in [0.29, 0.717) is 11.6 Å². The van der Waals surface area contributed by atoms with Crippen LogP contribution in [-0.4, -0.2) is 27.6 Å². The zero-order valence-corrected chi connectivity index (χ0v) is 17.5. The Morgan fingerprint density at radius 2 is 1.76 bits per heavy atom. The van der Waals surface area contributed by atoms with Crippen LogP contribution in [0, 0.1) is 5.92 Å². The van der Waals surface area contributed by atoms with Gasteiger partial charge in [0.25, 0.3) is 0 Å². The Morgan fingerprint density at radius 3 is 2.45 bits per heavy atom. The molecule has 29 heavy (non-hydrogen) atoms. The van der Waals surface area contributed by atoms with Gasteiger partial charge >= 0.3 is 0 Å². The van der Waals surface area contributed by atoms with Gasteiger partial charge in [-0.1, -0.05) is 61.2 Å². The molecule has 5 heteroatoms. The Balaban J connectivity index is 1.64. The van der Waals surface area contributed by atoms with Crippen LogP contribution in [0.5, 0.6) is 0 Å². The number of carbonyl (C=O) groups is 1. The minimum Gasteiger partial charge on any atom is -0.341 e. The third-order valence-electron chi connectivity index (χ3n) is 5.67. The summed E-state index contributed by atoms with van der Waals surface area (Å²) >= 11 is 6.07. The van der Waals surface area contributed by atoms with Gasteiger partial charge in [0, 0.05) is 41.9 Å². The van der Waals surface area contributed by atoms with Crippen molar-refractivity contribution in [1.82, 2.24) is 14.7 Å². The van der Waals surface area contributed by atoms with Gasteiger partial charge in [-0.3, -0.25) is 4.79 Å². The molecule has 3 aromatic rings. The van der Waals surface area contributed by atoms with Crippen molar-refractivity contribution in [2.45, 2.75) is 38.6 Å². The number of carbonyl (C=O) groups excluding carboxylic acids is 1. The van der Waals surface area contributed by atoms with E-state index in [2.05, 4.69) is 0 Å². The fourth-order valence-electron chi connectivity index (χ4n) is 4.08. The fraction of sp³-hybridized carbons (Fsp3) is 0.333. The molecule has 0 saturated heterocycles. The van der Waals surface area contributed by atoms with Crippen LogP contribution in [0.15, 0.2) is 60.8 Å². The Kier molecular flexibility index (Phi) is 6.00. The summed E-state index contributed by atoms with van der Waals surface area (Å²) < 4.78 is 1.89. The van der Waals surface area contributed by atoms with Gasteiger partial charge in [0.2, 0.25) is 5.91 Å². The van der Waals surface area contributed by atoms with E-state index in [9.17, 15) is 4.79 Å². The maximum Gasteiger partial charge on any atom is 0.225 e. The van der Waals surface area contributed by atoms with Crippen molar-refractivity contribution in [2.75, 3.05) is 7.05 Å². The molecule has 1 heterocycles. The van der Waals surface area contributed by atoms with Crippen LogP contribution >= 0.6 is 11.6 Å². The molecule has 1 amide bonds. The standard InChI is InChI=1S/C24H26ClN3O/c1-27(24(29)19-8-4-2-5-9-19)16-20-17-28(22-10-6-3-7-11-22)26-23(20)18-12-14-21(25)15-13-18/h3,6-7,10-15,17,19H,2,4-5,8-9,16H2,1H3. The second-order valence-corrected chi connectivity index (χ2v) is 8.26. The first-order chi connectivity index (χ1) is 14.1. The van der Waals surface area contributed by atoms with Crippen LogP contribution in [0.2, 0.25) is 5.02 Å². The molecule has 0 radical (unpaired) electrons. The largest absolute Gasteiger partial charge is 0.341 e. The minimum atomic E-state index is 0.164. The zero-order chi connectivity index (χ0) is 20.2. The monoisotopic (exact) mass is 407 g/mol. The summed E-state index contributed by atoms with van der Waals surface area (Å²) in [6, 6.07) is 17.7. The number of benzene rings is 2. The Morgan fingerprint density at radius 1 is 1.07 bits per heavy atom. The summed E-state index contributed by atoms with van der Waals surface area (Å²) in [6.45, 7) is 0.542. The first-order valence-corrected chi connectivity index (χ1v) is 10.6. The van der Waals surface area contributed by atoms with Gasteiger partial charge in [0.05, 0.1) is 11.4 Å². The summed E-state index contributed by atoms with van der Waals surface area (Å²) in [5.41, 5.74) is 3.91. The third kappa shape index (κ3) is 4.54. The van der Waals surface area contributed by atoms with E-state index in [4.69, 9.17) is 16.7 Å². The molecule has 1 aromatic heterocycles. The predicted octanol–water partition coefficient (Wildman–Crippen LogP) is 5.73. The molecule has 1 fully saturated rings. The molecule has 1 aliphatic rings. The van der Waals surface area contributed by atoms with Crippen molar-refractivity contribution in [3.63, 3.8) is 0 Å². The lowest BCUT2D eigenvalue weighted by molar-refractivity contribution is -0.135. The Labute approximate surface area is 177 Å². The van der Waals surface area contributed by atoms with E-state index in [-0.39, 0.29) is 11.8 Å². The predicted molar refractivity (Wildman–Crippen MR) is 117 cm³/mol. The van der Waals surface area contributed by atoms with Crippen molar-refractivity contribution in [2.24, 2.45) is 5.92 Å². The summed E-state index contributed by atoms with van der Waals surface area (Å²) in [4.78, 5) is 14.8. The quantitative estimate of drug-likeness (QED) is 0.541. The summed E-state index contributed by atoms with van der Waals surface area (Å²) in [6.07, 6.45) is 7.62. The maximum absolute atomic E-state index is 13.0. The lowest BCUT2D eigenvalue weighted by atomic mass is 9.88.